The van der Waals surface area contributed by atoms with Crippen LogP contribution in [0, 0.1) is 20.8 Å². The maximum atomic E-state index is 5.74. The van der Waals surface area contributed by atoms with Crippen LogP contribution in [0.2, 0.25) is 0 Å². The minimum atomic E-state index is 0.0912. The highest BCUT2D eigenvalue weighted by Crippen LogP contribution is 2.24. The van der Waals surface area contributed by atoms with Gasteiger partial charge < -0.3 is 0 Å². The van der Waals surface area contributed by atoms with Gasteiger partial charge >= 0.3 is 0 Å². The quantitative estimate of drug-likeness (QED) is 0.652. The number of nitrogens with two attached hydrogens (primary N) is 1. The Bertz CT molecular complexity index is 551. The van der Waals surface area contributed by atoms with Crippen LogP contribution in [0.25, 0.3) is 0 Å². The van der Waals surface area contributed by atoms with Crippen LogP contribution in [-0.2, 0) is 13.5 Å². The van der Waals surface area contributed by atoms with Crippen molar-refractivity contribution < 1.29 is 0 Å². The van der Waals surface area contributed by atoms with Crippen LogP contribution < -0.4 is 11.3 Å². The highest BCUT2D eigenvalue weighted by Gasteiger charge is 2.17. The molecule has 4 nitrogen and oxygen atoms in total. The first-order valence-electron chi connectivity index (χ1n) is 6.54. The second-order valence-corrected chi connectivity index (χ2v) is 5.14. The van der Waals surface area contributed by atoms with Crippen molar-refractivity contribution >= 4 is 0 Å². The lowest BCUT2D eigenvalue weighted by Gasteiger charge is -2.18. The molecule has 0 spiro atoms. The smallest absolute Gasteiger partial charge is 0.0642 e. The molecule has 0 saturated carbocycles. The van der Waals surface area contributed by atoms with E-state index in [1.807, 2.05) is 24.9 Å². The molecule has 19 heavy (non-hydrogen) atoms. The maximum absolute atomic E-state index is 5.74. The fourth-order valence-electron chi connectivity index (χ4n) is 2.59. The molecule has 0 fully saturated rings. The molecule has 0 aliphatic rings. The zero-order valence-electron chi connectivity index (χ0n) is 12.1. The first-order chi connectivity index (χ1) is 9.02. The van der Waals surface area contributed by atoms with E-state index in [4.69, 9.17) is 5.84 Å². The van der Waals surface area contributed by atoms with E-state index in [1.54, 1.807) is 0 Å². The Balaban J connectivity index is 2.32. The first-order valence-corrected chi connectivity index (χ1v) is 6.54. The highest BCUT2D eigenvalue weighted by atomic mass is 15.3. The number of aromatic nitrogens is 2. The normalized spacial score (nSPS) is 12.7. The molecule has 0 aliphatic carbocycles. The largest absolute Gasteiger partial charge is 0.275 e. The summed E-state index contributed by atoms with van der Waals surface area (Å²) in [6.45, 7) is 6.31. The van der Waals surface area contributed by atoms with Crippen LogP contribution >= 0.6 is 0 Å². The lowest BCUT2D eigenvalue weighted by Crippen LogP contribution is -2.30. The van der Waals surface area contributed by atoms with E-state index in [0.29, 0.717) is 0 Å². The Morgan fingerprint density at radius 3 is 2.37 bits per heavy atom. The van der Waals surface area contributed by atoms with Crippen molar-refractivity contribution in [3.63, 3.8) is 0 Å². The van der Waals surface area contributed by atoms with E-state index in [1.165, 1.54) is 16.7 Å². The third-order valence-corrected chi connectivity index (χ3v) is 3.68. The molecule has 0 amide bonds. The summed E-state index contributed by atoms with van der Waals surface area (Å²) >= 11 is 0. The van der Waals surface area contributed by atoms with Gasteiger partial charge in [0.15, 0.2) is 0 Å². The Kier molecular flexibility index (Phi) is 4.02. The van der Waals surface area contributed by atoms with E-state index >= 15 is 0 Å². The van der Waals surface area contributed by atoms with Crippen molar-refractivity contribution in [1.82, 2.24) is 15.2 Å². The van der Waals surface area contributed by atoms with Gasteiger partial charge in [-0.3, -0.25) is 16.0 Å². The first kappa shape index (κ1) is 13.8. The van der Waals surface area contributed by atoms with Gasteiger partial charge in [0.2, 0.25) is 0 Å². The molecule has 2 aromatic rings. The molecule has 0 aliphatic heterocycles. The van der Waals surface area contributed by atoms with Gasteiger partial charge in [-0.15, -0.1) is 0 Å². The molecule has 2 rings (SSSR count). The van der Waals surface area contributed by atoms with Crippen molar-refractivity contribution in [2.24, 2.45) is 12.9 Å². The molecule has 1 unspecified atom stereocenters. The standard InChI is InChI=1S/C15H22N4/c1-10-6-5-7-11(2)13(10)8-15(17-16)14-9-19(4)18-12(14)3/h5-7,9,15,17H,8,16H2,1-4H3. The molecule has 1 aromatic heterocycles. The predicted octanol–water partition coefficient (Wildman–Crippen LogP) is 2.09. The minimum absolute atomic E-state index is 0.0912. The fraction of sp³-hybridized carbons (Fsp3) is 0.400. The number of hydrazine groups is 1. The summed E-state index contributed by atoms with van der Waals surface area (Å²) < 4.78 is 1.83. The summed E-state index contributed by atoms with van der Waals surface area (Å²) in [5.74, 6) is 5.74. The molecule has 4 heteroatoms. The number of aryl methyl sites for hydroxylation is 4. The average molecular weight is 258 g/mol. The summed E-state index contributed by atoms with van der Waals surface area (Å²) in [4.78, 5) is 0. The monoisotopic (exact) mass is 258 g/mol. The summed E-state index contributed by atoms with van der Waals surface area (Å²) in [6, 6.07) is 6.47. The fourth-order valence-corrected chi connectivity index (χ4v) is 2.59. The van der Waals surface area contributed by atoms with Crippen LogP contribution in [0.15, 0.2) is 24.4 Å². The van der Waals surface area contributed by atoms with Crippen LogP contribution in [0.3, 0.4) is 0 Å². The number of nitrogens with one attached hydrogen (secondary N) is 1. The third kappa shape index (κ3) is 2.85. The molecule has 0 saturated heterocycles. The SMILES string of the molecule is Cc1cccc(C)c1CC(NN)c1cn(C)nc1C. The number of benzene rings is 1. The Morgan fingerprint density at radius 1 is 1.26 bits per heavy atom. The van der Waals surface area contributed by atoms with Crippen LogP contribution in [0.5, 0.6) is 0 Å². The van der Waals surface area contributed by atoms with Gasteiger partial charge in [0.05, 0.1) is 11.7 Å². The second-order valence-electron chi connectivity index (χ2n) is 5.14. The van der Waals surface area contributed by atoms with Crippen LogP contribution in [0.4, 0.5) is 0 Å². The van der Waals surface area contributed by atoms with Crippen molar-refractivity contribution in [2.75, 3.05) is 0 Å². The molecule has 0 bridgehead atoms. The lowest BCUT2D eigenvalue weighted by atomic mass is 9.93. The Hall–Kier alpha value is -1.65. The summed E-state index contributed by atoms with van der Waals surface area (Å²) in [7, 11) is 1.93. The molecule has 1 atom stereocenters. The lowest BCUT2D eigenvalue weighted by molar-refractivity contribution is 0.547. The average Bonchev–Trinajstić information content (AvgIpc) is 2.68. The zero-order chi connectivity index (χ0) is 14.0. The Morgan fingerprint density at radius 2 is 1.89 bits per heavy atom. The van der Waals surface area contributed by atoms with Gasteiger partial charge in [-0.25, -0.2) is 0 Å². The molecular weight excluding hydrogens is 236 g/mol. The molecule has 1 heterocycles. The summed E-state index contributed by atoms with van der Waals surface area (Å²) in [5, 5.41) is 4.39. The minimum Gasteiger partial charge on any atom is -0.275 e. The molecule has 0 radical (unpaired) electrons. The van der Waals surface area contributed by atoms with Gasteiger partial charge in [-0.2, -0.15) is 5.10 Å². The predicted molar refractivity (Wildman–Crippen MR) is 77.6 cm³/mol. The van der Waals surface area contributed by atoms with Gasteiger partial charge in [-0.1, -0.05) is 18.2 Å². The number of hydrogen-bond donors (Lipinski definition) is 2. The topological polar surface area (TPSA) is 55.9 Å². The number of rotatable bonds is 4. The summed E-state index contributed by atoms with van der Waals surface area (Å²) in [6.07, 6.45) is 2.91. The number of nitrogens with zero attached hydrogens (tertiary/aromatic N) is 2. The van der Waals surface area contributed by atoms with E-state index in [9.17, 15) is 0 Å². The van der Waals surface area contributed by atoms with Gasteiger partial charge in [0, 0.05) is 18.8 Å². The van der Waals surface area contributed by atoms with Gasteiger partial charge in [0.1, 0.15) is 0 Å². The third-order valence-electron chi connectivity index (χ3n) is 3.68. The van der Waals surface area contributed by atoms with Crippen molar-refractivity contribution in [3.8, 4) is 0 Å². The summed E-state index contributed by atoms with van der Waals surface area (Å²) in [5.41, 5.74) is 9.08. The van der Waals surface area contributed by atoms with Crippen molar-refractivity contribution in [1.29, 1.82) is 0 Å². The van der Waals surface area contributed by atoms with Crippen LogP contribution in [-0.4, -0.2) is 9.78 Å². The number of hydrogen-bond acceptors (Lipinski definition) is 3. The van der Waals surface area contributed by atoms with E-state index in [-0.39, 0.29) is 6.04 Å². The second kappa shape index (κ2) is 5.55. The molecule has 3 N–H and O–H groups in total. The van der Waals surface area contributed by atoms with E-state index < -0.39 is 0 Å². The van der Waals surface area contributed by atoms with E-state index in [0.717, 1.165) is 17.7 Å². The highest BCUT2D eigenvalue weighted by molar-refractivity contribution is 5.35. The Labute approximate surface area is 114 Å². The van der Waals surface area contributed by atoms with Crippen molar-refractivity contribution in [3.05, 3.63) is 52.3 Å². The van der Waals surface area contributed by atoms with Gasteiger partial charge in [0.25, 0.3) is 0 Å². The van der Waals surface area contributed by atoms with Crippen LogP contribution in [0.1, 0.15) is 34.0 Å². The molecule has 102 valence electrons. The maximum Gasteiger partial charge on any atom is 0.0642 e. The molecule has 1 aromatic carbocycles. The zero-order valence-corrected chi connectivity index (χ0v) is 12.1. The van der Waals surface area contributed by atoms with E-state index in [2.05, 4.69) is 42.6 Å². The van der Waals surface area contributed by atoms with Crippen molar-refractivity contribution in [2.45, 2.75) is 33.2 Å². The molecular formula is C15H22N4. The van der Waals surface area contributed by atoms with Gasteiger partial charge in [-0.05, 0) is 43.9 Å².